The number of halogens is 3. The summed E-state index contributed by atoms with van der Waals surface area (Å²) >= 11 is 1.01. The monoisotopic (exact) mass is 213 g/mol. The van der Waals surface area contributed by atoms with Crippen LogP contribution in [0.1, 0.15) is 0 Å². The molecule has 0 atom stereocenters. The van der Waals surface area contributed by atoms with Crippen molar-refractivity contribution >= 4 is 23.0 Å². The molecule has 0 bridgehead atoms. The summed E-state index contributed by atoms with van der Waals surface area (Å²) in [6.07, 6.45) is -4.33. The number of carbonyl (C=O) groups excluding carboxylic acids is 1. The number of aliphatic imine (C=N–C) groups is 1. The molecule has 0 aliphatic carbocycles. The fourth-order valence-electron chi connectivity index (χ4n) is 0.594. The quantitative estimate of drug-likeness (QED) is 0.680. The van der Waals surface area contributed by atoms with Crippen LogP contribution >= 0.6 is 11.8 Å². The second-order valence-electron chi connectivity index (χ2n) is 2.16. The molecular weight excluding hydrogens is 207 g/mol. The van der Waals surface area contributed by atoms with E-state index in [2.05, 4.69) is 15.6 Å². The van der Waals surface area contributed by atoms with Crippen molar-refractivity contribution in [2.75, 3.05) is 12.4 Å². The van der Waals surface area contributed by atoms with Crippen LogP contribution in [0.4, 0.5) is 18.0 Å². The molecule has 1 heterocycles. The van der Waals surface area contributed by atoms with E-state index >= 15 is 0 Å². The Hall–Kier alpha value is -0.920. The molecule has 1 aliphatic heterocycles. The number of amidine groups is 1. The number of nitrogens with zero attached hydrogens (tertiary/aromatic N) is 1. The third-order valence-electron chi connectivity index (χ3n) is 1.06. The highest BCUT2D eigenvalue weighted by molar-refractivity contribution is 8.13. The van der Waals surface area contributed by atoms with Gasteiger partial charge in [0.25, 0.3) is 0 Å². The number of hydrogen-bond acceptors (Lipinski definition) is 3. The SMILES string of the molecule is O=C1NCS/C(=N/CC(F)(F)F)N1. The highest BCUT2D eigenvalue weighted by Crippen LogP contribution is 2.15. The van der Waals surface area contributed by atoms with Gasteiger partial charge in [-0.05, 0) is 0 Å². The average molecular weight is 213 g/mol. The Balaban J connectivity index is 2.46. The van der Waals surface area contributed by atoms with Gasteiger partial charge in [0, 0.05) is 0 Å². The maximum Gasteiger partial charge on any atom is 0.408 e. The van der Waals surface area contributed by atoms with E-state index in [4.69, 9.17) is 0 Å². The summed E-state index contributed by atoms with van der Waals surface area (Å²) in [7, 11) is 0. The van der Waals surface area contributed by atoms with Gasteiger partial charge in [0.05, 0.1) is 5.88 Å². The van der Waals surface area contributed by atoms with Crippen molar-refractivity contribution in [2.45, 2.75) is 6.18 Å². The summed E-state index contributed by atoms with van der Waals surface area (Å²) in [5, 5.41) is 4.51. The molecule has 1 fully saturated rings. The molecule has 1 rings (SSSR count). The molecule has 1 saturated heterocycles. The van der Waals surface area contributed by atoms with Crippen LogP contribution in [0.2, 0.25) is 0 Å². The minimum atomic E-state index is -4.33. The van der Waals surface area contributed by atoms with Crippen molar-refractivity contribution in [3.8, 4) is 0 Å². The lowest BCUT2D eigenvalue weighted by atomic mass is 10.7. The molecule has 0 aromatic rings. The first-order valence-corrected chi connectivity index (χ1v) is 4.25. The third-order valence-corrected chi connectivity index (χ3v) is 1.86. The lowest BCUT2D eigenvalue weighted by molar-refractivity contribution is -0.118. The Morgan fingerprint density at radius 2 is 2.23 bits per heavy atom. The van der Waals surface area contributed by atoms with Crippen molar-refractivity contribution in [1.82, 2.24) is 10.6 Å². The Labute approximate surface area is 76.0 Å². The number of amides is 2. The van der Waals surface area contributed by atoms with E-state index in [-0.39, 0.29) is 11.0 Å². The Kier molecular flexibility index (Phi) is 3.02. The minimum Gasteiger partial charge on any atom is -0.328 e. The zero-order chi connectivity index (χ0) is 9.90. The topological polar surface area (TPSA) is 53.5 Å². The smallest absolute Gasteiger partial charge is 0.328 e. The first kappa shape index (κ1) is 10.2. The Morgan fingerprint density at radius 1 is 1.54 bits per heavy atom. The Bertz CT molecular complexity index is 240. The molecule has 0 spiro atoms. The van der Waals surface area contributed by atoms with Gasteiger partial charge in [0.15, 0.2) is 5.17 Å². The number of nitrogens with one attached hydrogen (secondary N) is 2. The molecule has 2 amide bonds. The fraction of sp³-hybridized carbons (Fsp3) is 0.600. The molecule has 0 unspecified atom stereocenters. The lowest BCUT2D eigenvalue weighted by Crippen LogP contribution is -2.43. The lowest BCUT2D eigenvalue weighted by Gasteiger charge is -2.15. The predicted molar refractivity (Wildman–Crippen MR) is 42.5 cm³/mol. The van der Waals surface area contributed by atoms with Crippen molar-refractivity contribution in [1.29, 1.82) is 0 Å². The largest absolute Gasteiger partial charge is 0.408 e. The first-order chi connectivity index (χ1) is 5.97. The molecule has 0 radical (unpaired) electrons. The molecule has 0 aromatic heterocycles. The number of rotatable bonds is 1. The summed E-state index contributed by atoms with van der Waals surface area (Å²) in [5.74, 6) is 0.239. The molecule has 0 aromatic carbocycles. The van der Waals surface area contributed by atoms with E-state index in [1.807, 2.05) is 0 Å². The van der Waals surface area contributed by atoms with Gasteiger partial charge in [-0.15, -0.1) is 0 Å². The van der Waals surface area contributed by atoms with Crippen LogP contribution in [0, 0.1) is 0 Å². The van der Waals surface area contributed by atoms with Crippen molar-refractivity contribution in [3.63, 3.8) is 0 Å². The maximum atomic E-state index is 11.7. The van der Waals surface area contributed by atoms with Gasteiger partial charge >= 0.3 is 12.2 Å². The van der Waals surface area contributed by atoms with E-state index in [1.54, 1.807) is 0 Å². The standard InChI is InChI=1S/C5H6F3N3OS/c6-5(7,8)1-9-4-11-3(12)10-2-13-4/h1-2H2,(H2,9,10,11,12). The molecule has 2 N–H and O–H groups in total. The van der Waals surface area contributed by atoms with Crippen LogP contribution in [-0.4, -0.2) is 29.8 Å². The molecule has 0 saturated carbocycles. The molecular formula is C5H6F3N3OS. The van der Waals surface area contributed by atoms with Crippen LogP contribution in [0.5, 0.6) is 0 Å². The summed E-state index contributed by atoms with van der Waals surface area (Å²) in [6.45, 7) is -1.27. The van der Waals surface area contributed by atoms with E-state index in [0.717, 1.165) is 11.8 Å². The third kappa shape index (κ3) is 4.02. The second kappa shape index (κ2) is 3.86. The highest BCUT2D eigenvalue weighted by Gasteiger charge is 2.27. The molecule has 13 heavy (non-hydrogen) atoms. The van der Waals surface area contributed by atoms with Gasteiger partial charge in [-0.25, -0.2) is 4.79 Å². The zero-order valence-electron chi connectivity index (χ0n) is 6.31. The Morgan fingerprint density at radius 3 is 2.77 bits per heavy atom. The number of thioether (sulfide) groups is 1. The summed E-state index contributed by atoms with van der Waals surface area (Å²) in [6, 6.07) is -0.528. The first-order valence-electron chi connectivity index (χ1n) is 3.26. The summed E-state index contributed by atoms with van der Waals surface area (Å²) < 4.78 is 35.0. The van der Waals surface area contributed by atoms with Crippen molar-refractivity contribution < 1.29 is 18.0 Å². The fourth-order valence-corrected chi connectivity index (χ4v) is 1.25. The molecule has 8 heteroatoms. The van der Waals surface area contributed by atoms with Crippen LogP contribution < -0.4 is 10.6 Å². The van der Waals surface area contributed by atoms with Gasteiger partial charge in [0.1, 0.15) is 6.54 Å². The van der Waals surface area contributed by atoms with Crippen LogP contribution in [0.25, 0.3) is 0 Å². The predicted octanol–water partition coefficient (Wildman–Crippen LogP) is 0.908. The van der Waals surface area contributed by atoms with Gasteiger partial charge in [-0.2, -0.15) is 13.2 Å². The van der Waals surface area contributed by atoms with Crippen LogP contribution in [0.15, 0.2) is 4.99 Å². The van der Waals surface area contributed by atoms with Crippen LogP contribution in [-0.2, 0) is 0 Å². The van der Waals surface area contributed by atoms with Gasteiger partial charge < -0.3 is 5.32 Å². The average Bonchev–Trinajstić information content (AvgIpc) is 2.00. The van der Waals surface area contributed by atoms with E-state index < -0.39 is 18.8 Å². The van der Waals surface area contributed by atoms with Crippen molar-refractivity contribution in [2.24, 2.45) is 4.99 Å². The second-order valence-corrected chi connectivity index (χ2v) is 3.12. The van der Waals surface area contributed by atoms with E-state index in [0.29, 0.717) is 0 Å². The maximum absolute atomic E-state index is 11.7. The zero-order valence-corrected chi connectivity index (χ0v) is 7.13. The van der Waals surface area contributed by atoms with Gasteiger partial charge in [0.2, 0.25) is 0 Å². The van der Waals surface area contributed by atoms with Crippen molar-refractivity contribution in [3.05, 3.63) is 0 Å². The minimum absolute atomic E-state index is 0.000995. The summed E-state index contributed by atoms with van der Waals surface area (Å²) in [5.41, 5.74) is 0. The molecule has 1 aliphatic rings. The number of carbonyl (C=O) groups is 1. The number of alkyl halides is 3. The molecule has 4 nitrogen and oxygen atoms in total. The van der Waals surface area contributed by atoms with E-state index in [9.17, 15) is 18.0 Å². The molecule has 74 valence electrons. The number of urea groups is 1. The van der Waals surface area contributed by atoms with Gasteiger partial charge in [-0.1, -0.05) is 11.8 Å². The number of hydrogen-bond donors (Lipinski definition) is 2. The van der Waals surface area contributed by atoms with Gasteiger partial charge in [-0.3, -0.25) is 10.3 Å². The van der Waals surface area contributed by atoms with Crippen LogP contribution in [0.3, 0.4) is 0 Å². The normalized spacial score (nSPS) is 21.2. The van der Waals surface area contributed by atoms with E-state index in [1.165, 1.54) is 0 Å². The highest BCUT2D eigenvalue weighted by atomic mass is 32.2. The summed E-state index contributed by atoms with van der Waals surface area (Å²) in [4.78, 5) is 13.8.